The average Bonchev–Trinajstić information content (AvgIpc) is 2.77. The van der Waals surface area contributed by atoms with Gasteiger partial charge in [-0.1, -0.05) is 54.4 Å². The van der Waals surface area contributed by atoms with E-state index in [-0.39, 0.29) is 22.7 Å². The number of carbonyl (C=O) groups is 1. The summed E-state index contributed by atoms with van der Waals surface area (Å²) in [6.45, 7) is 18.5. The molecule has 1 aromatic heterocycles. The Labute approximate surface area is 206 Å². The van der Waals surface area contributed by atoms with Gasteiger partial charge in [0.05, 0.1) is 5.69 Å². The van der Waals surface area contributed by atoms with Crippen molar-refractivity contribution in [2.45, 2.75) is 90.6 Å². The van der Waals surface area contributed by atoms with E-state index in [1.807, 2.05) is 0 Å². The molecular formula is C27H47N5O2. The van der Waals surface area contributed by atoms with Crippen LogP contribution in [0.5, 0.6) is 0 Å². The van der Waals surface area contributed by atoms with Gasteiger partial charge in [-0.05, 0) is 37.6 Å². The van der Waals surface area contributed by atoms with E-state index in [1.165, 1.54) is 19.3 Å². The van der Waals surface area contributed by atoms with E-state index in [1.54, 1.807) is 7.11 Å². The predicted molar refractivity (Wildman–Crippen MR) is 138 cm³/mol. The molecule has 1 saturated heterocycles. The molecule has 0 spiro atoms. The maximum Gasteiger partial charge on any atom is 0.246 e. The largest absolute Gasteiger partial charge is 0.371 e. The fourth-order valence-electron chi connectivity index (χ4n) is 5.20. The molecule has 1 aromatic rings. The van der Waals surface area contributed by atoms with Crippen molar-refractivity contribution in [1.82, 2.24) is 14.9 Å². The second-order valence-corrected chi connectivity index (χ2v) is 12.4. The second-order valence-electron chi connectivity index (χ2n) is 12.4. The molecule has 2 heterocycles. The Morgan fingerprint density at radius 2 is 1.65 bits per heavy atom. The summed E-state index contributed by atoms with van der Waals surface area (Å²) < 4.78 is 5.34. The Balaban J connectivity index is 1.51. The van der Waals surface area contributed by atoms with Crippen molar-refractivity contribution in [3.8, 4) is 0 Å². The van der Waals surface area contributed by atoms with Crippen LogP contribution in [0.15, 0.2) is 6.07 Å². The van der Waals surface area contributed by atoms with Crippen LogP contribution in [0.25, 0.3) is 0 Å². The molecule has 1 saturated carbocycles. The molecule has 34 heavy (non-hydrogen) atoms. The zero-order chi connectivity index (χ0) is 25.1. The van der Waals surface area contributed by atoms with Gasteiger partial charge in [-0.15, -0.1) is 0 Å². The minimum absolute atomic E-state index is 0.000765. The van der Waals surface area contributed by atoms with Crippen LogP contribution in [0, 0.1) is 11.8 Å². The number of methoxy groups -OCH3 is 1. The van der Waals surface area contributed by atoms with Crippen molar-refractivity contribution in [3.63, 3.8) is 0 Å². The van der Waals surface area contributed by atoms with E-state index in [0.717, 1.165) is 68.8 Å². The first-order valence-corrected chi connectivity index (χ1v) is 13.1. The molecule has 0 radical (unpaired) electrons. The zero-order valence-electron chi connectivity index (χ0n) is 22.6. The molecule has 192 valence electrons. The third-order valence-corrected chi connectivity index (χ3v) is 7.56. The van der Waals surface area contributed by atoms with Gasteiger partial charge in [-0.25, -0.2) is 9.97 Å². The Morgan fingerprint density at radius 1 is 1.03 bits per heavy atom. The third-order valence-electron chi connectivity index (χ3n) is 7.56. The number of aromatic nitrogens is 2. The highest BCUT2D eigenvalue weighted by Crippen LogP contribution is 2.34. The molecule has 1 amide bonds. The molecule has 3 rings (SSSR count). The van der Waals surface area contributed by atoms with E-state index < -0.39 is 6.10 Å². The van der Waals surface area contributed by atoms with Crippen molar-refractivity contribution in [3.05, 3.63) is 17.6 Å². The molecule has 1 aliphatic carbocycles. The van der Waals surface area contributed by atoms with Gasteiger partial charge >= 0.3 is 0 Å². The second kappa shape index (κ2) is 10.9. The van der Waals surface area contributed by atoms with Crippen molar-refractivity contribution < 1.29 is 9.53 Å². The Morgan fingerprint density at radius 3 is 2.15 bits per heavy atom. The maximum absolute atomic E-state index is 11.6. The number of rotatable bonds is 7. The highest BCUT2D eigenvalue weighted by Gasteiger charge is 2.31. The van der Waals surface area contributed by atoms with E-state index in [2.05, 4.69) is 57.4 Å². The Hall–Kier alpha value is -1.73. The summed E-state index contributed by atoms with van der Waals surface area (Å²) >= 11 is 0. The number of amides is 1. The van der Waals surface area contributed by atoms with Crippen LogP contribution in [-0.2, 0) is 20.4 Å². The Kier molecular flexibility index (Phi) is 8.61. The first kappa shape index (κ1) is 26.9. The fraction of sp³-hybridized carbons (Fsp3) is 0.815. The molecule has 2 N–H and O–H groups in total. The number of hydrogen-bond donors (Lipinski definition) is 1. The predicted octanol–water partition coefficient (Wildman–Crippen LogP) is 3.89. The van der Waals surface area contributed by atoms with Gasteiger partial charge < -0.3 is 15.4 Å². The van der Waals surface area contributed by atoms with Crippen LogP contribution in [0.3, 0.4) is 0 Å². The van der Waals surface area contributed by atoms with E-state index in [9.17, 15) is 4.79 Å². The summed E-state index contributed by atoms with van der Waals surface area (Å²) in [5, 5.41) is 0. The van der Waals surface area contributed by atoms with Gasteiger partial charge in [0, 0.05) is 50.2 Å². The number of hydrogen-bond acceptors (Lipinski definition) is 6. The van der Waals surface area contributed by atoms with Crippen molar-refractivity contribution >= 4 is 11.7 Å². The van der Waals surface area contributed by atoms with Gasteiger partial charge in [0.1, 0.15) is 17.7 Å². The average molecular weight is 474 g/mol. The lowest BCUT2D eigenvalue weighted by molar-refractivity contribution is -0.131. The molecule has 2 aliphatic rings. The molecular weight excluding hydrogens is 426 g/mol. The lowest BCUT2D eigenvalue weighted by Gasteiger charge is -2.37. The van der Waals surface area contributed by atoms with Gasteiger partial charge in [0.25, 0.3) is 0 Å². The smallest absolute Gasteiger partial charge is 0.246 e. The number of nitrogens with zero attached hydrogens (tertiary/aromatic N) is 4. The van der Waals surface area contributed by atoms with Crippen LogP contribution < -0.4 is 10.6 Å². The molecule has 1 unspecified atom stereocenters. The number of anilines is 1. The minimum atomic E-state index is -0.423. The van der Waals surface area contributed by atoms with Crippen molar-refractivity contribution in [2.24, 2.45) is 17.6 Å². The van der Waals surface area contributed by atoms with Gasteiger partial charge in [0.2, 0.25) is 5.91 Å². The van der Waals surface area contributed by atoms with Gasteiger partial charge in [0.15, 0.2) is 0 Å². The summed E-state index contributed by atoms with van der Waals surface area (Å²) in [4.78, 5) is 26.5. The van der Waals surface area contributed by atoms with Crippen LogP contribution in [0.1, 0.15) is 85.2 Å². The topological polar surface area (TPSA) is 84.6 Å². The number of carbonyl (C=O) groups excluding carboxylic acids is 1. The standard InChI is InChI=1S/C27H47N5O2/c1-26(2,3)21-18-22(30-25(29-21)27(4,5)6)32-16-14-31(15-17-32)13-12-19-8-10-20(11-9-19)23(34-7)24(28)33/h18-20,23H,8-17H2,1-7H3,(H2,28,33). The van der Waals surface area contributed by atoms with Crippen LogP contribution in [0.2, 0.25) is 0 Å². The minimum Gasteiger partial charge on any atom is -0.371 e. The molecule has 2 fully saturated rings. The third kappa shape index (κ3) is 6.91. The number of primary amides is 1. The van der Waals surface area contributed by atoms with Crippen LogP contribution >= 0.6 is 0 Å². The Bertz CT molecular complexity index is 781. The monoisotopic (exact) mass is 473 g/mol. The summed E-state index contributed by atoms with van der Waals surface area (Å²) in [6.07, 6.45) is 5.23. The van der Waals surface area contributed by atoms with Crippen molar-refractivity contribution in [2.75, 3.05) is 44.7 Å². The summed E-state index contributed by atoms with van der Waals surface area (Å²) in [5.41, 5.74) is 6.54. The van der Waals surface area contributed by atoms with Gasteiger partial charge in [-0.3, -0.25) is 9.69 Å². The number of nitrogens with two attached hydrogens (primary N) is 1. The van der Waals surface area contributed by atoms with Gasteiger partial charge in [-0.2, -0.15) is 0 Å². The summed E-state index contributed by atoms with van der Waals surface area (Å²) in [7, 11) is 1.59. The molecule has 7 nitrogen and oxygen atoms in total. The SMILES string of the molecule is COC(C(N)=O)C1CCC(CCN2CCN(c3cc(C(C)(C)C)nc(C(C)(C)C)n3)CC2)CC1. The van der Waals surface area contributed by atoms with Crippen LogP contribution in [-0.4, -0.2) is 66.7 Å². The molecule has 1 aliphatic heterocycles. The molecule has 7 heteroatoms. The van der Waals surface area contributed by atoms with Crippen molar-refractivity contribution in [1.29, 1.82) is 0 Å². The molecule has 1 atom stereocenters. The maximum atomic E-state index is 11.6. The fourth-order valence-corrected chi connectivity index (χ4v) is 5.20. The molecule has 0 aromatic carbocycles. The normalized spacial score (nSPS) is 23.7. The van der Waals surface area contributed by atoms with Crippen LogP contribution in [0.4, 0.5) is 5.82 Å². The summed E-state index contributed by atoms with van der Waals surface area (Å²) in [6, 6.07) is 2.20. The lowest BCUT2D eigenvalue weighted by Crippen LogP contribution is -2.47. The van der Waals surface area contributed by atoms with E-state index >= 15 is 0 Å². The number of piperazine rings is 1. The van der Waals surface area contributed by atoms with E-state index in [0.29, 0.717) is 0 Å². The molecule has 0 bridgehead atoms. The first-order chi connectivity index (χ1) is 15.9. The van der Waals surface area contributed by atoms with E-state index in [4.69, 9.17) is 20.4 Å². The highest BCUT2D eigenvalue weighted by molar-refractivity contribution is 5.79. The lowest BCUT2D eigenvalue weighted by atomic mass is 9.78. The highest BCUT2D eigenvalue weighted by atomic mass is 16.5. The number of ether oxygens (including phenoxy) is 1. The first-order valence-electron chi connectivity index (χ1n) is 13.1. The zero-order valence-corrected chi connectivity index (χ0v) is 22.6. The quantitative estimate of drug-likeness (QED) is 0.647. The summed E-state index contributed by atoms with van der Waals surface area (Å²) in [5.74, 6) is 2.71.